The van der Waals surface area contributed by atoms with Gasteiger partial charge in [-0.25, -0.2) is 4.98 Å². The van der Waals surface area contributed by atoms with Crippen molar-refractivity contribution in [3.8, 4) is 0 Å². The van der Waals surface area contributed by atoms with Gasteiger partial charge in [0.1, 0.15) is 0 Å². The van der Waals surface area contributed by atoms with E-state index in [0.717, 1.165) is 36.4 Å². The summed E-state index contributed by atoms with van der Waals surface area (Å²) in [6.45, 7) is 1.40. The fourth-order valence-electron chi connectivity index (χ4n) is 2.46. The van der Waals surface area contributed by atoms with Gasteiger partial charge in [0.15, 0.2) is 0 Å². The molecule has 5 nitrogen and oxygen atoms in total. The number of nitrogens with one attached hydrogen (secondary N) is 1. The minimum absolute atomic E-state index is 0.285. The van der Waals surface area contributed by atoms with Crippen molar-refractivity contribution in [2.45, 2.75) is 12.8 Å². The summed E-state index contributed by atoms with van der Waals surface area (Å²) in [5, 5.41) is 9.09. The van der Waals surface area contributed by atoms with E-state index < -0.39 is 5.97 Å². The maximum Gasteiger partial charge on any atom is 0.308 e. The van der Waals surface area contributed by atoms with E-state index in [1.807, 2.05) is 29.2 Å². The third kappa shape index (κ3) is 1.92. The molecule has 0 radical (unpaired) electrons. The van der Waals surface area contributed by atoms with Gasteiger partial charge in [-0.05, 0) is 25.0 Å². The van der Waals surface area contributed by atoms with Gasteiger partial charge in [-0.15, -0.1) is 0 Å². The Morgan fingerprint density at radius 1 is 1.44 bits per heavy atom. The Morgan fingerprint density at radius 2 is 2.28 bits per heavy atom. The van der Waals surface area contributed by atoms with Gasteiger partial charge in [0.05, 0.1) is 17.0 Å². The quantitative estimate of drug-likeness (QED) is 0.847. The molecule has 5 heteroatoms. The maximum absolute atomic E-state index is 11.0. The molecule has 1 saturated heterocycles. The highest BCUT2D eigenvalue weighted by Crippen LogP contribution is 2.23. The standard InChI is InChI=1S/C13H15N3O2/c17-12(18)9-4-3-7-16(8-9)13-14-10-5-1-2-6-11(10)15-13/h1-2,5-6,9H,3-4,7-8H2,(H,14,15)(H,17,18)/t9-/m0/s1. The summed E-state index contributed by atoms with van der Waals surface area (Å²) in [7, 11) is 0. The Kier molecular flexibility index (Phi) is 2.66. The summed E-state index contributed by atoms with van der Waals surface area (Å²) >= 11 is 0. The number of carboxylic acid groups (broad SMARTS) is 1. The number of H-pyrrole nitrogens is 1. The number of piperidine rings is 1. The molecular formula is C13H15N3O2. The van der Waals surface area contributed by atoms with Crippen LogP contribution in [0.1, 0.15) is 12.8 Å². The molecule has 1 fully saturated rings. The van der Waals surface area contributed by atoms with Crippen LogP contribution in [0.5, 0.6) is 0 Å². The van der Waals surface area contributed by atoms with Crippen LogP contribution in [0.25, 0.3) is 11.0 Å². The highest BCUT2D eigenvalue weighted by Gasteiger charge is 2.26. The molecule has 1 aliphatic heterocycles. The number of nitrogens with zero attached hydrogens (tertiary/aromatic N) is 2. The van der Waals surface area contributed by atoms with Gasteiger partial charge in [-0.2, -0.15) is 0 Å². The van der Waals surface area contributed by atoms with E-state index in [2.05, 4.69) is 9.97 Å². The van der Waals surface area contributed by atoms with Crippen LogP contribution >= 0.6 is 0 Å². The first-order valence-corrected chi connectivity index (χ1v) is 6.16. The first kappa shape index (κ1) is 11.1. The molecule has 0 unspecified atom stereocenters. The highest BCUT2D eigenvalue weighted by molar-refractivity contribution is 5.77. The zero-order chi connectivity index (χ0) is 12.5. The summed E-state index contributed by atoms with van der Waals surface area (Å²) in [6, 6.07) is 7.84. The number of carbonyl (C=O) groups is 1. The maximum atomic E-state index is 11.0. The molecule has 94 valence electrons. The van der Waals surface area contributed by atoms with E-state index in [1.54, 1.807) is 0 Å². The Morgan fingerprint density at radius 3 is 3.06 bits per heavy atom. The SMILES string of the molecule is O=C(O)[C@H]1CCCN(c2nc3ccccc3[nH]2)C1. The number of para-hydroxylation sites is 2. The second kappa shape index (κ2) is 4.33. The second-order valence-corrected chi connectivity index (χ2v) is 4.70. The van der Waals surface area contributed by atoms with Crippen LogP contribution in [0.2, 0.25) is 0 Å². The number of anilines is 1. The van der Waals surface area contributed by atoms with E-state index in [-0.39, 0.29) is 5.92 Å². The lowest BCUT2D eigenvalue weighted by molar-refractivity contribution is -0.141. The van der Waals surface area contributed by atoms with E-state index in [1.165, 1.54) is 0 Å². The summed E-state index contributed by atoms with van der Waals surface area (Å²) in [6.07, 6.45) is 1.65. The van der Waals surface area contributed by atoms with Crippen molar-refractivity contribution in [3.05, 3.63) is 24.3 Å². The van der Waals surface area contributed by atoms with Gasteiger partial charge >= 0.3 is 5.97 Å². The highest BCUT2D eigenvalue weighted by atomic mass is 16.4. The molecule has 0 aliphatic carbocycles. The average Bonchev–Trinajstić information content (AvgIpc) is 2.82. The fraction of sp³-hybridized carbons (Fsp3) is 0.385. The third-order valence-electron chi connectivity index (χ3n) is 3.45. The van der Waals surface area contributed by atoms with Crippen LogP contribution in [0.15, 0.2) is 24.3 Å². The van der Waals surface area contributed by atoms with Gasteiger partial charge in [-0.3, -0.25) is 4.79 Å². The van der Waals surface area contributed by atoms with E-state index in [4.69, 9.17) is 5.11 Å². The predicted octanol–water partition coefficient (Wildman–Crippen LogP) is 1.86. The number of rotatable bonds is 2. The molecule has 2 N–H and O–H groups in total. The first-order valence-electron chi connectivity index (χ1n) is 6.16. The minimum Gasteiger partial charge on any atom is -0.481 e. The number of carboxylic acids is 1. The van der Waals surface area contributed by atoms with Crippen molar-refractivity contribution in [1.29, 1.82) is 0 Å². The zero-order valence-electron chi connectivity index (χ0n) is 9.97. The van der Waals surface area contributed by atoms with Crippen molar-refractivity contribution < 1.29 is 9.90 Å². The number of aromatic nitrogens is 2. The minimum atomic E-state index is -0.712. The molecule has 18 heavy (non-hydrogen) atoms. The van der Waals surface area contributed by atoms with E-state index in [9.17, 15) is 4.79 Å². The molecule has 1 aromatic heterocycles. The van der Waals surface area contributed by atoms with Crippen LogP contribution in [0.3, 0.4) is 0 Å². The second-order valence-electron chi connectivity index (χ2n) is 4.70. The first-order chi connectivity index (χ1) is 8.74. The fourth-order valence-corrected chi connectivity index (χ4v) is 2.46. The van der Waals surface area contributed by atoms with Crippen molar-refractivity contribution in [2.75, 3.05) is 18.0 Å². The van der Waals surface area contributed by atoms with Gasteiger partial charge in [0.25, 0.3) is 0 Å². The van der Waals surface area contributed by atoms with Crippen molar-refractivity contribution in [2.24, 2.45) is 5.92 Å². The molecule has 1 aromatic carbocycles. The lowest BCUT2D eigenvalue weighted by atomic mass is 9.99. The van der Waals surface area contributed by atoms with Crippen LogP contribution in [0.4, 0.5) is 5.95 Å². The molecule has 2 aromatic rings. The van der Waals surface area contributed by atoms with Crippen molar-refractivity contribution in [1.82, 2.24) is 9.97 Å². The van der Waals surface area contributed by atoms with Gasteiger partial charge < -0.3 is 15.0 Å². The normalized spacial score (nSPS) is 20.2. The number of hydrogen-bond donors (Lipinski definition) is 2. The van der Waals surface area contributed by atoms with Gasteiger partial charge in [-0.1, -0.05) is 12.1 Å². The number of fused-ring (bicyclic) bond motifs is 1. The third-order valence-corrected chi connectivity index (χ3v) is 3.45. The summed E-state index contributed by atoms with van der Waals surface area (Å²) in [5.74, 6) is -0.218. The largest absolute Gasteiger partial charge is 0.481 e. The van der Waals surface area contributed by atoms with Crippen molar-refractivity contribution in [3.63, 3.8) is 0 Å². The molecule has 0 saturated carbocycles. The molecular weight excluding hydrogens is 230 g/mol. The Labute approximate surface area is 104 Å². The summed E-state index contributed by atoms with van der Waals surface area (Å²) in [5.41, 5.74) is 1.91. The van der Waals surface area contributed by atoms with E-state index >= 15 is 0 Å². The number of benzene rings is 1. The van der Waals surface area contributed by atoms with Crippen molar-refractivity contribution >= 4 is 23.0 Å². The van der Waals surface area contributed by atoms with Crippen LogP contribution in [-0.4, -0.2) is 34.1 Å². The smallest absolute Gasteiger partial charge is 0.308 e. The predicted molar refractivity (Wildman–Crippen MR) is 68.7 cm³/mol. The van der Waals surface area contributed by atoms with Gasteiger partial charge in [0.2, 0.25) is 5.95 Å². The Hall–Kier alpha value is -2.04. The zero-order valence-corrected chi connectivity index (χ0v) is 9.97. The lowest BCUT2D eigenvalue weighted by Gasteiger charge is -2.30. The number of hydrogen-bond acceptors (Lipinski definition) is 3. The molecule has 1 aliphatic rings. The molecule has 0 bridgehead atoms. The van der Waals surface area contributed by atoms with Crippen LogP contribution in [0, 0.1) is 5.92 Å². The van der Waals surface area contributed by atoms with Crippen LogP contribution < -0.4 is 4.90 Å². The number of imidazole rings is 1. The lowest BCUT2D eigenvalue weighted by Crippen LogP contribution is -2.39. The molecule has 3 rings (SSSR count). The molecule has 0 amide bonds. The molecule has 0 spiro atoms. The molecule has 1 atom stereocenters. The number of aliphatic carboxylic acids is 1. The topological polar surface area (TPSA) is 69.2 Å². The Bertz CT molecular complexity index is 545. The van der Waals surface area contributed by atoms with Crippen LogP contribution in [-0.2, 0) is 4.79 Å². The summed E-state index contributed by atoms with van der Waals surface area (Å²) < 4.78 is 0. The summed E-state index contributed by atoms with van der Waals surface area (Å²) in [4.78, 5) is 20.8. The Balaban J connectivity index is 1.87. The average molecular weight is 245 g/mol. The molecule has 2 heterocycles. The van der Waals surface area contributed by atoms with Gasteiger partial charge in [0, 0.05) is 13.1 Å². The monoisotopic (exact) mass is 245 g/mol. The van der Waals surface area contributed by atoms with E-state index in [0.29, 0.717) is 6.54 Å². The number of aromatic amines is 1.